The molecule has 0 saturated heterocycles. The van der Waals surface area contributed by atoms with Crippen molar-refractivity contribution in [1.29, 1.82) is 0 Å². The summed E-state index contributed by atoms with van der Waals surface area (Å²) in [6, 6.07) is 4.23. The molecule has 0 saturated carbocycles. The zero-order valence-corrected chi connectivity index (χ0v) is 13.4. The lowest BCUT2D eigenvalue weighted by molar-refractivity contribution is 0.493. The smallest absolute Gasteiger partial charge is 0.106 e. The quantitative estimate of drug-likeness (QED) is 0.839. The molecule has 0 aliphatic rings. The van der Waals surface area contributed by atoms with Crippen LogP contribution in [0.2, 0.25) is 4.34 Å². The van der Waals surface area contributed by atoms with Crippen molar-refractivity contribution < 1.29 is 4.42 Å². The molecule has 104 valence electrons. The van der Waals surface area contributed by atoms with Crippen LogP contribution in [-0.2, 0) is 0 Å². The van der Waals surface area contributed by atoms with E-state index in [1.165, 1.54) is 16.0 Å². The molecule has 1 atom stereocenters. The van der Waals surface area contributed by atoms with Crippen LogP contribution in [-0.4, -0.2) is 6.54 Å². The van der Waals surface area contributed by atoms with Crippen LogP contribution in [0, 0.1) is 20.8 Å². The van der Waals surface area contributed by atoms with E-state index < -0.39 is 0 Å². The number of nitrogens with one attached hydrogen (secondary N) is 1. The SMILES string of the molecule is CCCNC(c1ccc(Cl)s1)c1c(C)oc(C)c1C. The van der Waals surface area contributed by atoms with E-state index in [1.807, 2.05) is 19.9 Å². The summed E-state index contributed by atoms with van der Waals surface area (Å²) < 4.78 is 6.59. The summed E-state index contributed by atoms with van der Waals surface area (Å²) in [6.07, 6.45) is 1.10. The third kappa shape index (κ3) is 3.04. The first-order chi connectivity index (χ1) is 9.04. The first-order valence-electron chi connectivity index (χ1n) is 6.59. The van der Waals surface area contributed by atoms with Gasteiger partial charge in [-0.15, -0.1) is 11.3 Å². The van der Waals surface area contributed by atoms with Crippen LogP contribution >= 0.6 is 22.9 Å². The van der Waals surface area contributed by atoms with Crippen molar-refractivity contribution in [2.24, 2.45) is 0 Å². The van der Waals surface area contributed by atoms with Gasteiger partial charge < -0.3 is 9.73 Å². The van der Waals surface area contributed by atoms with Crippen molar-refractivity contribution in [3.05, 3.63) is 44.0 Å². The maximum Gasteiger partial charge on any atom is 0.106 e. The van der Waals surface area contributed by atoms with E-state index in [9.17, 15) is 0 Å². The zero-order chi connectivity index (χ0) is 14.0. The Kier molecular flexibility index (Phi) is 4.71. The van der Waals surface area contributed by atoms with Gasteiger partial charge in [-0.05, 0) is 51.4 Å². The fourth-order valence-electron chi connectivity index (χ4n) is 2.35. The van der Waals surface area contributed by atoms with Crippen LogP contribution < -0.4 is 5.32 Å². The third-order valence-electron chi connectivity index (χ3n) is 3.38. The van der Waals surface area contributed by atoms with E-state index in [4.69, 9.17) is 16.0 Å². The van der Waals surface area contributed by atoms with Crippen LogP contribution in [0.3, 0.4) is 0 Å². The Hall–Kier alpha value is -0.770. The van der Waals surface area contributed by atoms with Gasteiger partial charge in [-0.25, -0.2) is 0 Å². The van der Waals surface area contributed by atoms with Crippen LogP contribution in [0.1, 0.15) is 46.9 Å². The minimum absolute atomic E-state index is 0.176. The van der Waals surface area contributed by atoms with Gasteiger partial charge in [-0.3, -0.25) is 0 Å². The standard InChI is InChI=1S/C15H20ClNOS/c1-5-8-17-15(12-6-7-13(16)19-12)14-9(2)10(3)18-11(14)4/h6-7,15,17H,5,8H2,1-4H3. The van der Waals surface area contributed by atoms with Gasteiger partial charge in [0.25, 0.3) is 0 Å². The Morgan fingerprint density at radius 2 is 2.00 bits per heavy atom. The molecule has 0 aliphatic carbocycles. The van der Waals surface area contributed by atoms with Gasteiger partial charge >= 0.3 is 0 Å². The maximum atomic E-state index is 6.08. The first kappa shape index (κ1) is 14.6. The molecule has 2 aromatic rings. The number of hydrogen-bond acceptors (Lipinski definition) is 3. The highest BCUT2D eigenvalue weighted by molar-refractivity contribution is 7.16. The maximum absolute atomic E-state index is 6.08. The largest absolute Gasteiger partial charge is 0.466 e. The average Bonchev–Trinajstić information content (AvgIpc) is 2.88. The Morgan fingerprint density at radius 1 is 1.26 bits per heavy atom. The minimum atomic E-state index is 0.176. The predicted molar refractivity (Wildman–Crippen MR) is 82.4 cm³/mol. The van der Waals surface area contributed by atoms with Crippen molar-refractivity contribution in [2.75, 3.05) is 6.54 Å². The second kappa shape index (κ2) is 6.12. The molecule has 2 nitrogen and oxygen atoms in total. The topological polar surface area (TPSA) is 25.2 Å². The van der Waals surface area contributed by atoms with E-state index in [0.717, 1.165) is 28.8 Å². The van der Waals surface area contributed by atoms with Gasteiger partial charge in [0.1, 0.15) is 11.5 Å². The molecule has 19 heavy (non-hydrogen) atoms. The Balaban J connectivity index is 2.42. The average molecular weight is 298 g/mol. The summed E-state index contributed by atoms with van der Waals surface area (Å²) in [5.41, 5.74) is 2.49. The van der Waals surface area contributed by atoms with Crippen LogP contribution in [0.4, 0.5) is 0 Å². The van der Waals surface area contributed by atoms with Gasteiger partial charge in [0.05, 0.1) is 10.4 Å². The van der Waals surface area contributed by atoms with Crippen molar-refractivity contribution in [3.8, 4) is 0 Å². The van der Waals surface area contributed by atoms with Crippen molar-refractivity contribution in [2.45, 2.75) is 40.2 Å². The van der Waals surface area contributed by atoms with Gasteiger partial charge in [-0.2, -0.15) is 0 Å². The number of furan rings is 1. The molecule has 1 N–H and O–H groups in total. The lowest BCUT2D eigenvalue weighted by atomic mass is 10.0. The van der Waals surface area contributed by atoms with Gasteiger partial charge in [0.2, 0.25) is 0 Å². The van der Waals surface area contributed by atoms with Crippen LogP contribution in [0.15, 0.2) is 16.5 Å². The molecule has 4 heteroatoms. The Morgan fingerprint density at radius 3 is 2.47 bits per heavy atom. The Labute approximate surface area is 123 Å². The van der Waals surface area contributed by atoms with E-state index in [-0.39, 0.29) is 6.04 Å². The molecule has 2 aromatic heterocycles. The normalized spacial score (nSPS) is 12.9. The van der Waals surface area contributed by atoms with Gasteiger partial charge in [-0.1, -0.05) is 18.5 Å². The summed E-state index contributed by atoms with van der Waals surface area (Å²) in [6.45, 7) is 9.32. The number of thiophene rings is 1. The summed E-state index contributed by atoms with van der Waals surface area (Å²) in [5, 5.41) is 3.60. The van der Waals surface area contributed by atoms with E-state index >= 15 is 0 Å². The lowest BCUT2D eigenvalue weighted by Crippen LogP contribution is -2.23. The third-order valence-corrected chi connectivity index (χ3v) is 4.68. The minimum Gasteiger partial charge on any atom is -0.466 e. The van der Waals surface area contributed by atoms with Crippen LogP contribution in [0.5, 0.6) is 0 Å². The van der Waals surface area contributed by atoms with E-state index in [2.05, 4.69) is 25.2 Å². The number of hydrogen-bond donors (Lipinski definition) is 1. The molecule has 0 bridgehead atoms. The van der Waals surface area contributed by atoms with Crippen molar-refractivity contribution in [1.82, 2.24) is 5.32 Å². The zero-order valence-electron chi connectivity index (χ0n) is 11.8. The molecule has 0 radical (unpaired) electrons. The molecule has 0 aliphatic heterocycles. The van der Waals surface area contributed by atoms with Crippen molar-refractivity contribution >= 4 is 22.9 Å². The fraction of sp³-hybridized carbons (Fsp3) is 0.467. The highest BCUT2D eigenvalue weighted by Crippen LogP contribution is 2.35. The fourth-order valence-corrected chi connectivity index (χ4v) is 3.50. The molecule has 2 heterocycles. The lowest BCUT2D eigenvalue weighted by Gasteiger charge is -2.18. The van der Waals surface area contributed by atoms with Gasteiger partial charge in [0, 0.05) is 10.4 Å². The number of rotatable bonds is 5. The molecule has 0 spiro atoms. The molecule has 0 amide bonds. The van der Waals surface area contributed by atoms with E-state index in [0.29, 0.717) is 0 Å². The summed E-state index contributed by atoms with van der Waals surface area (Å²) >= 11 is 7.71. The van der Waals surface area contributed by atoms with E-state index in [1.54, 1.807) is 11.3 Å². The molecule has 0 aromatic carbocycles. The molecular weight excluding hydrogens is 278 g/mol. The summed E-state index contributed by atoms with van der Waals surface area (Å²) in [5.74, 6) is 1.99. The highest BCUT2D eigenvalue weighted by atomic mass is 35.5. The molecule has 2 rings (SSSR count). The molecule has 1 unspecified atom stereocenters. The van der Waals surface area contributed by atoms with Crippen molar-refractivity contribution in [3.63, 3.8) is 0 Å². The number of halogens is 1. The first-order valence-corrected chi connectivity index (χ1v) is 7.79. The predicted octanol–water partition coefficient (Wildman–Crippen LogP) is 5.01. The second-order valence-corrected chi connectivity index (χ2v) is 6.53. The Bertz CT molecular complexity index is 558. The summed E-state index contributed by atoms with van der Waals surface area (Å²) in [4.78, 5) is 1.24. The monoisotopic (exact) mass is 297 g/mol. The second-order valence-electron chi connectivity index (χ2n) is 4.78. The molecule has 0 fully saturated rings. The molecular formula is C15H20ClNOS. The van der Waals surface area contributed by atoms with Gasteiger partial charge in [0.15, 0.2) is 0 Å². The summed E-state index contributed by atoms with van der Waals surface area (Å²) in [7, 11) is 0. The number of aryl methyl sites for hydroxylation is 2. The highest BCUT2D eigenvalue weighted by Gasteiger charge is 2.23. The van der Waals surface area contributed by atoms with Crippen LogP contribution in [0.25, 0.3) is 0 Å².